The standard InChI is InChI=1S/C20H25NO6/c1-11-6-7-15(19(24)18(11)23)20(25)27-10-17(22)16-8-12(2)21(14(16)4)13(3)9-26-5/h6-8,13,23-24H,9-10H2,1-5H3. The molecule has 146 valence electrons. The van der Waals surface area contributed by atoms with Crippen LogP contribution in [0.5, 0.6) is 11.5 Å². The van der Waals surface area contributed by atoms with Gasteiger partial charge in [-0.3, -0.25) is 4.79 Å². The zero-order valence-corrected chi connectivity index (χ0v) is 16.2. The number of Topliss-reactive ketones (excluding diaryl/α,β-unsaturated/α-hetero) is 1. The Bertz CT molecular complexity index is 868. The van der Waals surface area contributed by atoms with Crippen molar-refractivity contribution in [2.45, 2.75) is 33.7 Å². The second kappa shape index (κ2) is 8.26. The third-order valence-corrected chi connectivity index (χ3v) is 4.54. The highest BCUT2D eigenvalue weighted by Gasteiger charge is 2.22. The normalized spacial score (nSPS) is 12.0. The highest BCUT2D eigenvalue weighted by molar-refractivity contribution is 6.01. The lowest BCUT2D eigenvalue weighted by Gasteiger charge is -2.17. The largest absolute Gasteiger partial charge is 0.504 e. The number of phenolic OH excluding ortho intramolecular Hbond substituents is 2. The Kier molecular flexibility index (Phi) is 6.28. The monoisotopic (exact) mass is 375 g/mol. The number of benzene rings is 1. The first-order valence-electron chi connectivity index (χ1n) is 8.58. The second-order valence-corrected chi connectivity index (χ2v) is 6.59. The summed E-state index contributed by atoms with van der Waals surface area (Å²) >= 11 is 0. The van der Waals surface area contributed by atoms with Gasteiger partial charge in [0.2, 0.25) is 5.78 Å². The summed E-state index contributed by atoms with van der Waals surface area (Å²) in [6, 6.07) is 4.65. The first-order chi connectivity index (χ1) is 12.7. The van der Waals surface area contributed by atoms with Crippen molar-refractivity contribution in [3.05, 3.63) is 46.3 Å². The van der Waals surface area contributed by atoms with E-state index in [1.54, 1.807) is 20.1 Å². The molecule has 1 aromatic heterocycles. The Morgan fingerprint density at radius 2 is 1.78 bits per heavy atom. The molecule has 0 amide bonds. The second-order valence-electron chi connectivity index (χ2n) is 6.59. The van der Waals surface area contributed by atoms with Crippen LogP contribution in [0.3, 0.4) is 0 Å². The van der Waals surface area contributed by atoms with E-state index in [2.05, 4.69) is 0 Å². The quantitative estimate of drug-likeness (QED) is 0.438. The molecule has 0 aliphatic heterocycles. The Morgan fingerprint density at radius 3 is 2.41 bits per heavy atom. The van der Waals surface area contributed by atoms with Gasteiger partial charge in [0, 0.05) is 24.1 Å². The van der Waals surface area contributed by atoms with Gasteiger partial charge in [0.25, 0.3) is 0 Å². The number of methoxy groups -OCH3 is 1. The van der Waals surface area contributed by atoms with Crippen LogP contribution in [0, 0.1) is 20.8 Å². The first-order valence-corrected chi connectivity index (χ1v) is 8.58. The highest BCUT2D eigenvalue weighted by Crippen LogP contribution is 2.32. The topological polar surface area (TPSA) is 98.0 Å². The molecule has 0 saturated heterocycles. The van der Waals surface area contributed by atoms with Crippen LogP contribution in [-0.4, -0.2) is 46.9 Å². The number of carbonyl (C=O) groups excluding carboxylic acids is 2. The van der Waals surface area contributed by atoms with Crippen LogP contribution in [0.25, 0.3) is 0 Å². The number of rotatable bonds is 7. The van der Waals surface area contributed by atoms with Crippen LogP contribution in [0.4, 0.5) is 0 Å². The van der Waals surface area contributed by atoms with Crippen molar-refractivity contribution >= 4 is 11.8 Å². The molecule has 1 heterocycles. The van der Waals surface area contributed by atoms with Gasteiger partial charge < -0.3 is 24.3 Å². The molecule has 1 unspecified atom stereocenters. The van der Waals surface area contributed by atoms with E-state index in [-0.39, 0.29) is 23.1 Å². The van der Waals surface area contributed by atoms with E-state index in [9.17, 15) is 19.8 Å². The van der Waals surface area contributed by atoms with Crippen LogP contribution >= 0.6 is 0 Å². The van der Waals surface area contributed by atoms with Crippen LogP contribution in [0.15, 0.2) is 18.2 Å². The van der Waals surface area contributed by atoms with Crippen molar-refractivity contribution in [1.82, 2.24) is 4.57 Å². The van der Waals surface area contributed by atoms with Gasteiger partial charge in [-0.25, -0.2) is 4.79 Å². The number of hydrogen-bond acceptors (Lipinski definition) is 6. The molecule has 0 fully saturated rings. The summed E-state index contributed by atoms with van der Waals surface area (Å²) < 4.78 is 12.2. The molecule has 0 saturated carbocycles. The van der Waals surface area contributed by atoms with Crippen molar-refractivity contribution in [3.63, 3.8) is 0 Å². The number of esters is 1. The van der Waals surface area contributed by atoms with Crippen LogP contribution in [-0.2, 0) is 9.47 Å². The molecular formula is C20H25NO6. The van der Waals surface area contributed by atoms with E-state index >= 15 is 0 Å². The van der Waals surface area contributed by atoms with E-state index in [0.29, 0.717) is 17.7 Å². The lowest BCUT2D eigenvalue weighted by atomic mass is 10.1. The Balaban J connectivity index is 2.14. The van der Waals surface area contributed by atoms with Gasteiger partial charge in [-0.05, 0) is 45.4 Å². The number of nitrogens with zero attached hydrogens (tertiary/aromatic N) is 1. The molecular weight excluding hydrogens is 350 g/mol. The van der Waals surface area contributed by atoms with Gasteiger partial charge in [-0.1, -0.05) is 6.07 Å². The summed E-state index contributed by atoms with van der Waals surface area (Å²) in [5, 5.41) is 19.6. The predicted octanol–water partition coefficient (Wildman–Crippen LogP) is 3.07. The molecule has 7 heteroatoms. The average molecular weight is 375 g/mol. The maximum Gasteiger partial charge on any atom is 0.342 e. The number of aromatic nitrogens is 1. The first kappa shape index (κ1) is 20.5. The van der Waals surface area contributed by atoms with Gasteiger partial charge in [0.05, 0.1) is 12.6 Å². The smallest absolute Gasteiger partial charge is 0.342 e. The summed E-state index contributed by atoms with van der Waals surface area (Å²) in [6.07, 6.45) is 0. The summed E-state index contributed by atoms with van der Waals surface area (Å²) in [5.41, 5.74) is 2.39. The van der Waals surface area contributed by atoms with E-state index in [4.69, 9.17) is 9.47 Å². The van der Waals surface area contributed by atoms with Gasteiger partial charge >= 0.3 is 5.97 Å². The summed E-state index contributed by atoms with van der Waals surface area (Å²) in [7, 11) is 1.62. The molecule has 27 heavy (non-hydrogen) atoms. The third kappa shape index (κ3) is 4.14. The van der Waals surface area contributed by atoms with Crippen molar-refractivity contribution in [1.29, 1.82) is 0 Å². The lowest BCUT2D eigenvalue weighted by Crippen LogP contribution is -2.17. The fraction of sp³-hybridized carbons (Fsp3) is 0.400. The number of ketones is 1. The molecule has 0 spiro atoms. The van der Waals surface area contributed by atoms with Gasteiger partial charge in [0.15, 0.2) is 18.1 Å². The molecule has 0 aliphatic rings. The Labute approximate surface area is 158 Å². The molecule has 0 aliphatic carbocycles. The molecule has 2 rings (SSSR count). The number of aryl methyl sites for hydroxylation is 2. The molecule has 7 nitrogen and oxygen atoms in total. The van der Waals surface area contributed by atoms with E-state index in [1.165, 1.54) is 12.1 Å². The maximum atomic E-state index is 12.5. The number of aromatic hydroxyl groups is 2. The minimum atomic E-state index is -0.877. The van der Waals surface area contributed by atoms with Crippen molar-refractivity contribution in [2.24, 2.45) is 0 Å². The number of carbonyl (C=O) groups is 2. The van der Waals surface area contributed by atoms with Crippen LogP contribution in [0.1, 0.15) is 50.6 Å². The highest BCUT2D eigenvalue weighted by atomic mass is 16.5. The summed E-state index contributed by atoms with van der Waals surface area (Å²) in [4.78, 5) is 24.7. The van der Waals surface area contributed by atoms with E-state index in [1.807, 2.05) is 25.3 Å². The van der Waals surface area contributed by atoms with Crippen molar-refractivity contribution < 1.29 is 29.3 Å². The SMILES string of the molecule is COCC(C)n1c(C)cc(C(=O)COC(=O)c2ccc(C)c(O)c2O)c1C. The minimum absolute atomic E-state index is 0.0616. The molecule has 0 radical (unpaired) electrons. The van der Waals surface area contributed by atoms with Gasteiger partial charge in [-0.2, -0.15) is 0 Å². The number of ether oxygens (including phenoxy) is 2. The zero-order valence-electron chi connectivity index (χ0n) is 16.2. The summed E-state index contributed by atoms with van der Waals surface area (Å²) in [6.45, 7) is 7.36. The molecule has 2 aromatic rings. The molecule has 1 aromatic carbocycles. The minimum Gasteiger partial charge on any atom is -0.504 e. The maximum absolute atomic E-state index is 12.5. The summed E-state index contributed by atoms with van der Waals surface area (Å²) in [5.74, 6) is -2.16. The van der Waals surface area contributed by atoms with Crippen molar-refractivity contribution in [3.8, 4) is 11.5 Å². The van der Waals surface area contributed by atoms with Crippen molar-refractivity contribution in [2.75, 3.05) is 20.3 Å². The fourth-order valence-electron chi connectivity index (χ4n) is 3.19. The lowest BCUT2D eigenvalue weighted by molar-refractivity contribution is 0.0471. The van der Waals surface area contributed by atoms with Crippen LogP contribution in [0.2, 0.25) is 0 Å². The van der Waals surface area contributed by atoms with E-state index in [0.717, 1.165) is 11.4 Å². The Hall–Kier alpha value is -2.80. The van der Waals surface area contributed by atoms with Gasteiger partial charge in [0.1, 0.15) is 5.56 Å². The zero-order chi connectivity index (χ0) is 20.3. The van der Waals surface area contributed by atoms with E-state index < -0.39 is 18.3 Å². The van der Waals surface area contributed by atoms with Gasteiger partial charge in [-0.15, -0.1) is 0 Å². The number of hydrogen-bond donors (Lipinski definition) is 2. The third-order valence-electron chi connectivity index (χ3n) is 4.54. The van der Waals surface area contributed by atoms with Crippen LogP contribution < -0.4 is 0 Å². The number of phenols is 2. The fourth-order valence-corrected chi connectivity index (χ4v) is 3.19. The Morgan fingerprint density at radius 1 is 1.11 bits per heavy atom. The predicted molar refractivity (Wildman–Crippen MR) is 99.6 cm³/mol. The molecule has 0 bridgehead atoms. The molecule has 2 N–H and O–H groups in total. The molecule has 1 atom stereocenters. The average Bonchev–Trinajstić information content (AvgIpc) is 2.92.